The number of aliphatic imine (C=N–C) groups is 1. The molecule has 2 aromatic heterocycles. The Kier molecular flexibility index (Phi) is 7.33. The fourth-order valence-electron chi connectivity index (χ4n) is 3.51. The number of ether oxygens (including phenoxy) is 2. The van der Waals surface area contributed by atoms with Gasteiger partial charge < -0.3 is 25.8 Å². The molecular weight excluding hydrogens is 498 g/mol. The summed E-state index contributed by atoms with van der Waals surface area (Å²) in [6.07, 6.45) is 4.27. The van der Waals surface area contributed by atoms with Gasteiger partial charge in [0.25, 0.3) is 0 Å². The number of nitrogens with one attached hydrogen (secondary N) is 2. The summed E-state index contributed by atoms with van der Waals surface area (Å²) in [5.74, 6) is -4.14. The Bertz CT molecular complexity index is 1490. The molecule has 1 aliphatic rings. The fraction of sp³-hybridized carbons (Fsp3) is 0.192. The highest BCUT2D eigenvalue weighted by Gasteiger charge is 2.29. The van der Waals surface area contributed by atoms with E-state index in [9.17, 15) is 18.4 Å². The summed E-state index contributed by atoms with van der Waals surface area (Å²) in [5.41, 5.74) is 4.91. The first kappa shape index (κ1) is 26.2. The summed E-state index contributed by atoms with van der Waals surface area (Å²) in [7, 11) is 2.38. The average Bonchev–Trinajstić information content (AvgIpc) is 3.72. The molecule has 4 N–H and O–H groups in total. The SMILES string of the molecule is C=CC(=O)NC(=C)C(N)=Nc1cc2c(NC3CC3)nc(C(=O)c3c(F)c(OC)cc(OC)c3F)cc2cn1. The second kappa shape index (κ2) is 10.6. The van der Waals surface area contributed by atoms with Crippen LogP contribution in [-0.4, -0.2) is 47.8 Å². The number of amides is 1. The van der Waals surface area contributed by atoms with Crippen LogP contribution in [0.2, 0.25) is 0 Å². The smallest absolute Gasteiger partial charge is 0.247 e. The Balaban J connectivity index is 1.79. The number of anilines is 1. The third kappa shape index (κ3) is 5.28. The first-order chi connectivity index (χ1) is 18.2. The number of halogens is 2. The van der Waals surface area contributed by atoms with Crippen molar-refractivity contribution in [3.63, 3.8) is 0 Å². The summed E-state index contributed by atoms with van der Waals surface area (Å²) >= 11 is 0. The van der Waals surface area contributed by atoms with Crippen molar-refractivity contribution in [3.8, 4) is 11.5 Å². The summed E-state index contributed by atoms with van der Waals surface area (Å²) in [6, 6.07) is 4.09. The third-order valence-electron chi connectivity index (χ3n) is 5.66. The Morgan fingerprint density at radius 3 is 2.39 bits per heavy atom. The van der Waals surface area contributed by atoms with Gasteiger partial charge in [0, 0.05) is 29.1 Å². The van der Waals surface area contributed by atoms with E-state index in [0.29, 0.717) is 16.6 Å². The molecule has 2 heterocycles. The van der Waals surface area contributed by atoms with Gasteiger partial charge in [-0.15, -0.1) is 0 Å². The van der Waals surface area contributed by atoms with Crippen LogP contribution in [0.25, 0.3) is 10.8 Å². The number of methoxy groups -OCH3 is 2. The van der Waals surface area contributed by atoms with E-state index < -0.39 is 28.9 Å². The van der Waals surface area contributed by atoms with Crippen LogP contribution < -0.4 is 25.8 Å². The van der Waals surface area contributed by atoms with Crippen LogP contribution in [0.15, 0.2) is 54.3 Å². The van der Waals surface area contributed by atoms with Gasteiger partial charge in [0.15, 0.2) is 29.0 Å². The third-order valence-corrected chi connectivity index (χ3v) is 5.66. The standard InChI is InChI=1S/C26H24F2N6O4/c1-5-20(35)31-12(2)25(29)34-19-9-15-13(11-30-19)8-16(33-26(15)32-14-6-7-14)24(36)21-22(27)17(37-3)10-18(38-4)23(21)28/h5,8-11,14H,1-2,6-7H2,3-4H3,(H,31,35)(H,32,33)(H2,29,30,34). The number of benzene rings is 1. The van der Waals surface area contributed by atoms with E-state index in [1.165, 1.54) is 26.5 Å². The van der Waals surface area contributed by atoms with E-state index in [-0.39, 0.29) is 40.6 Å². The topological polar surface area (TPSA) is 141 Å². The van der Waals surface area contributed by atoms with E-state index in [1.807, 2.05) is 0 Å². The van der Waals surface area contributed by atoms with Crippen molar-refractivity contribution in [1.29, 1.82) is 0 Å². The van der Waals surface area contributed by atoms with Crippen LogP contribution in [0.1, 0.15) is 28.9 Å². The van der Waals surface area contributed by atoms with Crippen molar-refractivity contribution >= 4 is 39.9 Å². The largest absolute Gasteiger partial charge is 0.494 e. The zero-order chi connectivity index (χ0) is 27.6. The van der Waals surface area contributed by atoms with Crippen molar-refractivity contribution in [2.75, 3.05) is 19.5 Å². The first-order valence-electron chi connectivity index (χ1n) is 11.4. The minimum atomic E-state index is -1.17. The molecule has 0 spiro atoms. The van der Waals surface area contributed by atoms with Crippen molar-refractivity contribution < 1.29 is 27.8 Å². The summed E-state index contributed by atoms with van der Waals surface area (Å²) in [5, 5.41) is 6.64. The Morgan fingerprint density at radius 2 is 1.82 bits per heavy atom. The van der Waals surface area contributed by atoms with E-state index in [4.69, 9.17) is 15.2 Å². The molecule has 0 atom stereocenters. The number of nitrogens with two attached hydrogens (primary N) is 1. The quantitative estimate of drug-likeness (QED) is 0.159. The normalized spacial score (nSPS) is 13.1. The maximum Gasteiger partial charge on any atom is 0.247 e. The van der Waals surface area contributed by atoms with Crippen LogP contribution in [0.3, 0.4) is 0 Å². The number of amidine groups is 1. The van der Waals surface area contributed by atoms with Crippen LogP contribution in [-0.2, 0) is 4.79 Å². The minimum Gasteiger partial charge on any atom is -0.494 e. The second-order valence-corrected chi connectivity index (χ2v) is 8.32. The fourth-order valence-corrected chi connectivity index (χ4v) is 3.51. The molecule has 0 unspecified atom stereocenters. The lowest BCUT2D eigenvalue weighted by Gasteiger charge is -2.14. The number of hydrogen-bond acceptors (Lipinski definition) is 8. The lowest BCUT2D eigenvalue weighted by molar-refractivity contribution is -0.115. The molecule has 3 aromatic rings. The monoisotopic (exact) mass is 522 g/mol. The number of rotatable bonds is 10. The second-order valence-electron chi connectivity index (χ2n) is 8.32. The minimum absolute atomic E-state index is 0.0602. The summed E-state index contributed by atoms with van der Waals surface area (Å²) < 4.78 is 39.9. The Morgan fingerprint density at radius 1 is 1.16 bits per heavy atom. The number of ketones is 1. The van der Waals surface area contributed by atoms with Gasteiger partial charge in [-0.1, -0.05) is 13.2 Å². The van der Waals surface area contributed by atoms with E-state index in [1.54, 1.807) is 6.07 Å². The van der Waals surface area contributed by atoms with Crippen molar-refractivity contribution in [2.45, 2.75) is 18.9 Å². The lowest BCUT2D eigenvalue weighted by Crippen LogP contribution is -2.29. The average molecular weight is 523 g/mol. The molecule has 10 nitrogen and oxygen atoms in total. The van der Waals surface area contributed by atoms with Gasteiger partial charge in [0.05, 0.1) is 19.9 Å². The maximum atomic E-state index is 15.0. The molecule has 4 rings (SSSR count). The van der Waals surface area contributed by atoms with Gasteiger partial charge >= 0.3 is 0 Å². The van der Waals surface area contributed by atoms with Gasteiger partial charge in [-0.2, -0.15) is 0 Å². The lowest BCUT2D eigenvalue weighted by atomic mass is 10.0. The van der Waals surface area contributed by atoms with Crippen molar-refractivity contribution in [2.24, 2.45) is 10.7 Å². The van der Waals surface area contributed by atoms with Crippen molar-refractivity contribution in [1.82, 2.24) is 15.3 Å². The van der Waals surface area contributed by atoms with E-state index >= 15 is 0 Å². The predicted octanol–water partition coefficient (Wildman–Crippen LogP) is 3.54. The number of hydrogen-bond donors (Lipinski definition) is 3. The number of carbonyl (C=O) groups is 2. The summed E-state index contributed by atoms with van der Waals surface area (Å²) in [6.45, 7) is 7.02. The van der Waals surface area contributed by atoms with Crippen LogP contribution in [0, 0.1) is 11.6 Å². The molecule has 1 aromatic carbocycles. The molecule has 12 heteroatoms. The molecule has 0 saturated heterocycles. The first-order valence-corrected chi connectivity index (χ1v) is 11.4. The van der Waals surface area contributed by atoms with Gasteiger partial charge in [-0.3, -0.25) is 9.59 Å². The maximum absolute atomic E-state index is 15.0. The molecule has 1 amide bonds. The highest BCUT2D eigenvalue weighted by molar-refractivity contribution is 6.11. The highest BCUT2D eigenvalue weighted by atomic mass is 19.1. The summed E-state index contributed by atoms with van der Waals surface area (Å²) in [4.78, 5) is 37.6. The molecule has 0 aliphatic heterocycles. The van der Waals surface area contributed by atoms with Crippen LogP contribution in [0.4, 0.5) is 20.4 Å². The van der Waals surface area contributed by atoms with E-state index in [0.717, 1.165) is 25.0 Å². The zero-order valence-corrected chi connectivity index (χ0v) is 20.6. The Hall–Kier alpha value is -4.87. The number of pyridine rings is 2. The number of nitrogens with zero attached hydrogens (tertiary/aromatic N) is 3. The molecule has 1 fully saturated rings. The predicted molar refractivity (Wildman–Crippen MR) is 138 cm³/mol. The molecular formula is C26H24F2N6O4. The molecule has 1 saturated carbocycles. The van der Waals surface area contributed by atoms with Crippen LogP contribution >= 0.6 is 0 Å². The highest BCUT2D eigenvalue weighted by Crippen LogP contribution is 2.35. The molecule has 38 heavy (non-hydrogen) atoms. The number of carbonyl (C=O) groups excluding carboxylic acids is 2. The number of fused-ring (bicyclic) bond motifs is 1. The van der Waals surface area contributed by atoms with Gasteiger partial charge in [-0.05, 0) is 31.1 Å². The number of aromatic nitrogens is 2. The van der Waals surface area contributed by atoms with Gasteiger partial charge in [0.2, 0.25) is 11.7 Å². The molecule has 1 aliphatic carbocycles. The van der Waals surface area contributed by atoms with Gasteiger partial charge in [-0.25, -0.2) is 23.7 Å². The molecule has 0 radical (unpaired) electrons. The van der Waals surface area contributed by atoms with E-state index in [2.05, 4.69) is 38.8 Å². The Labute approximate surface area is 216 Å². The van der Waals surface area contributed by atoms with Crippen molar-refractivity contribution in [3.05, 3.63) is 72.2 Å². The molecule has 196 valence electrons. The molecule has 0 bridgehead atoms. The van der Waals surface area contributed by atoms with Gasteiger partial charge in [0.1, 0.15) is 22.9 Å². The zero-order valence-electron chi connectivity index (χ0n) is 20.6. The van der Waals surface area contributed by atoms with Crippen LogP contribution in [0.5, 0.6) is 11.5 Å².